The van der Waals surface area contributed by atoms with Crippen LogP contribution in [0.1, 0.15) is 18.9 Å². The minimum atomic E-state index is 0.353. The highest BCUT2D eigenvalue weighted by atomic mass is 16.3. The maximum absolute atomic E-state index is 9.25. The average molecular weight is 248 g/mol. The van der Waals surface area contributed by atoms with Gasteiger partial charge < -0.3 is 10.0 Å². The molecule has 1 heterocycles. The van der Waals surface area contributed by atoms with Crippen LogP contribution >= 0.6 is 0 Å². The highest BCUT2D eigenvalue weighted by molar-refractivity contribution is 5.25. The van der Waals surface area contributed by atoms with Gasteiger partial charge in [-0.15, -0.1) is 0 Å². The molecule has 1 saturated heterocycles. The second-order valence-corrected chi connectivity index (χ2v) is 5.39. The van der Waals surface area contributed by atoms with Crippen LogP contribution in [-0.2, 0) is 6.42 Å². The fourth-order valence-corrected chi connectivity index (χ4v) is 2.48. The van der Waals surface area contributed by atoms with E-state index >= 15 is 0 Å². The highest BCUT2D eigenvalue weighted by Crippen LogP contribution is 2.14. The summed E-state index contributed by atoms with van der Waals surface area (Å²) < 4.78 is 0. The van der Waals surface area contributed by atoms with Crippen molar-refractivity contribution in [2.24, 2.45) is 0 Å². The number of nitrogens with zero attached hydrogens (tertiary/aromatic N) is 2. The van der Waals surface area contributed by atoms with Crippen molar-refractivity contribution >= 4 is 0 Å². The molecule has 0 aliphatic carbocycles. The van der Waals surface area contributed by atoms with E-state index in [1.807, 2.05) is 12.1 Å². The van der Waals surface area contributed by atoms with Crippen LogP contribution in [0.15, 0.2) is 24.3 Å². The molecular weight excluding hydrogens is 224 g/mol. The zero-order valence-electron chi connectivity index (χ0n) is 11.5. The summed E-state index contributed by atoms with van der Waals surface area (Å²) >= 11 is 0. The van der Waals surface area contributed by atoms with E-state index in [0.29, 0.717) is 11.8 Å². The number of phenols is 1. The van der Waals surface area contributed by atoms with Crippen molar-refractivity contribution in [3.63, 3.8) is 0 Å². The lowest BCUT2D eigenvalue weighted by Crippen LogP contribution is -2.48. The van der Waals surface area contributed by atoms with Crippen LogP contribution in [0.25, 0.3) is 0 Å². The van der Waals surface area contributed by atoms with Crippen molar-refractivity contribution in [3.8, 4) is 5.75 Å². The van der Waals surface area contributed by atoms with Gasteiger partial charge >= 0.3 is 0 Å². The third kappa shape index (κ3) is 3.72. The molecule has 1 aliphatic heterocycles. The summed E-state index contributed by atoms with van der Waals surface area (Å²) in [6.45, 7) is 7.07. The molecule has 0 aromatic heterocycles. The number of phenolic OH excluding ortho intramolecular Hbond substituents is 1. The number of aryl methyl sites for hydroxylation is 1. The molecule has 100 valence electrons. The molecule has 3 heteroatoms. The van der Waals surface area contributed by atoms with Gasteiger partial charge in [-0.25, -0.2) is 0 Å². The molecule has 1 N–H and O–H groups in total. The van der Waals surface area contributed by atoms with Crippen molar-refractivity contribution in [3.05, 3.63) is 29.8 Å². The van der Waals surface area contributed by atoms with Crippen LogP contribution < -0.4 is 0 Å². The second kappa shape index (κ2) is 6.21. The molecule has 0 amide bonds. The van der Waals surface area contributed by atoms with Gasteiger partial charge in [0.15, 0.2) is 0 Å². The molecule has 0 spiro atoms. The summed E-state index contributed by atoms with van der Waals surface area (Å²) in [5, 5.41) is 9.25. The fraction of sp³-hybridized carbons (Fsp3) is 0.600. The molecule has 18 heavy (non-hydrogen) atoms. The first kappa shape index (κ1) is 13.4. The number of hydrogen-bond donors (Lipinski definition) is 1. The molecular formula is C15H24N2O. The van der Waals surface area contributed by atoms with Crippen molar-refractivity contribution in [2.75, 3.05) is 33.2 Å². The largest absolute Gasteiger partial charge is 0.508 e. The summed E-state index contributed by atoms with van der Waals surface area (Å²) in [6.07, 6.45) is 2.28. The lowest BCUT2D eigenvalue weighted by Gasteiger charge is -2.36. The monoisotopic (exact) mass is 248 g/mol. The Labute approximate surface area is 110 Å². The second-order valence-electron chi connectivity index (χ2n) is 5.39. The van der Waals surface area contributed by atoms with Crippen molar-refractivity contribution in [1.82, 2.24) is 9.80 Å². The fourth-order valence-electron chi connectivity index (χ4n) is 2.48. The van der Waals surface area contributed by atoms with Gasteiger partial charge in [0.05, 0.1) is 0 Å². The molecule has 1 aliphatic rings. The standard InChI is InChI=1S/C15H24N2O/c1-13(17-11-9-16(2)10-12-17)3-4-14-5-7-15(18)8-6-14/h5-8,13,18H,3-4,9-12H2,1-2H3/t13-/m0/s1. The molecule has 1 atom stereocenters. The summed E-state index contributed by atoms with van der Waals surface area (Å²) in [5.41, 5.74) is 1.31. The molecule has 2 rings (SSSR count). The average Bonchev–Trinajstić information content (AvgIpc) is 2.38. The minimum absolute atomic E-state index is 0.353. The highest BCUT2D eigenvalue weighted by Gasteiger charge is 2.18. The quantitative estimate of drug-likeness (QED) is 0.882. The number of benzene rings is 1. The van der Waals surface area contributed by atoms with Gasteiger partial charge in [-0.3, -0.25) is 4.90 Å². The Morgan fingerprint density at radius 3 is 2.33 bits per heavy atom. The number of rotatable bonds is 4. The van der Waals surface area contributed by atoms with E-state index in [1.165, 1.54) is 38.2 Å². The predicted octanol–water partition coefficient (Wildman–Crippen LogP) is 1.96. The number of hydrogen-bond acceptors (Lipinski definition) is 3. The molecule has 0 unspecified atom stereocenters. The summed E-state index contributed by atoms with van der Waals surface area (Å²) in [5.74, 6) is 0.353. The smallest absolute Gasteiger partial charge is 0.115 e. The summed E-state index contributed by atoms with van der Waals surface area (Å²) in [6, 6.07) is 8.23. The zero-order valence-corrected chi connectivity index (χ0v) is 11.5. The minimum Gasteiger partial charge on any atom is -0.508 e. The van der Waals surface area contributed by atoms with E-state index in [-0.39, 0.29) is 0 Å². The molecule has 0 bridgehead atoms. The normalized spacial score (nSPS) is 19.9. The first-order valence-electron chi connectivity index (χ1n) is 6.85. The molecule has 1 fully saturated rings. The molecule has 1 aromatic rings. The van der Waals surface area contributed by atoms with Crippen molar-refractivity contribution in [1.29, 1.82) is 0 Å². The number of piperazine rings is 1. The van der Waals surface area contributed by atoms with Crippen LogP contribution in [-0.4, -0.2) is 54.2 Å². The lowest BCUT2D eigenvalue weighted by molar-refractivity contribution is 0.115. The first-order valence-corrected chi connectivity index (χ1v) is 6.85. The molecule has 3 nitrogen and oxygen atoms in total. The lowest BCUT2D eigenvalue weighted by atomic mass is 10.0. The molecule has 0 saturated carbocycles. The van der Waals surface area contributed by atoms with Crippen LogP contribution in [0.3, 0.4) is 0 Å². The Hall–Kier alpha value is -1.06. The van der Waals surface area contributed by atoms with Crippen molar-refractivity contribution in [2.45, 2.75) is 25.8 Å². The van der Waals surface area contributed by atoms with E-state index < -0.39 is 0 Å². The Kier molecular flexibility index (Phi) is 4.61. The maximum Gasteiger partial charge on any atom is 0.115 e. The molecule has 1 aromatic carbocycles. The number of likely N-dealkylation sites (N-methyl/N-ethyl adjacent to an activating group) is 1. The van der Waals surface area contributed by atoms with E-state index in [1.54, 1.807) is 12.1 Å². The predicted molar refractivity (Wildman–Crippen MR) is 75.0 cm³/mol. The maximum atomic E-state index is 9.25. The van der Waals surface area contributed by atoms with Crippen LogP contribution in [0, 0.1) is 0 Å². The summed E-state index contributed by atoms with van der Waals surface area (Å²) in [4.78, 5) is 4.98. The van der Waals surface area contributed by atoms with Crippen LogP contribution in [0.4, 0.5) is 0 Å². The Morgan fingerprint density at radius 2 is 1.72 bits per heavy atom. The SMILES string of the molecule is C[C@@H](CCc1ccc(O)cc1)N1CCN(C)CC1. The third-order valence-corrected chi connectivity index (χ3v) is 3.95. The third-order valence-electron chi connectivity index (χ3n) is 3.95. The summed E-state index contributed by atoms with van der Waals surface area (Å²) in [7, 11) is 2.19. The van der Waals surface area contributed by atoms with Gasteiger partial charge in [0, 0.05) is 32.2 Å². The van der Waals surface area contributed by atoms with E-state index in [2.05, 4.69) is 23.8 Å². The van der Waals surface area contributed by atoms with Crippen LogP contribution in [0.2, 0.25) is 0 Å². The Morgan fingerprint density at radius 1 is 1.11 bits per heavy atom. The molecule has 0 radical (unpaired) electrons. The van der Waals surface area contributed by atoms with Gasteiger partial charge in [0.2, 0.25) is 0 Å². The Bertz CT molecular complexity index is 355. The first-order chi connectivity index (χ1) is 8.65. The van der Waals surface area contributed by atoms with E-state index in [4.69, 9.17) is 0 Å². The van der Waals surface area contributed by atoms with Gasteiger partial charge in [-0.05, 0) is 44.5 Å². The zero-order chi connectivity index (χ0) is 13.0. The van der Waals surface area contributed by atoms with Gasteiger partial charge in [0.1, 0.15) is 5.75 Å². The van der Waals surface area contributed by atoms with Gasteiger partial charge in [-0.1, -0.05) is 12.1 Å². The topological polar surface area (TPSA) is 26.7 Å². The Balaban J connectivity index is 1.77. The van der Waals surface area contributed by atoms with Crippen LogP contribution in [0.5, 0.6) is 5.75 Å². The van der Waals surface area contributed by atoms with Gasteiger partial charge in [0.25, 0.3) is 0 Å². The van der Waals surface area contributed by atoms with E-state index in [0.717, 1.165) is 6.42 Å². The van der Waals surface area contributed by atoms with E-state index in [9.17, 15) is 5.11 Å². The number of aromatic hydroxyl groups is 1. The van der Waals surface area contributed by atoms with Crippen molar-refractivity contribution < 1.29 is 5.11 Å². The van der Waals surface area contributed by atoms with Gasteiger partial charge in [-0.2, -0.15) is 0 Å².